The monoisotopic (exact) mass is 346 g/mol. The molecule has 0 fully saturated rings. The molecule has 1 amide bonds. The lowest BCUT2D eigenvalue weighted by Gasteiger charge is -2.17. The van der Waals surface area contributed by atoms with Gasteiger partial charge < -0.3 is 10.2 Å². The third-order valence-corrected chi connectivity index (χ3v) is 4.12. The first-order valence-electron chi connectivity index (χ1n) is 8.56. The minimum absolute atomic E-state index is 0.0823. The standard InChI is InChI=1S/C21H22N4O/c1-16-4-3-5-18(14-16)24-19-6-7-20(23-15-19)21(26)25(2)13-10-17-8-11-22-12-9-17/h3-9,11-12,14-15,24H,10,13H2,1-2H3. The largest absolute Gasteiger partial charge is 0.354 e. The maximum Gasteiger partial charge on any atom is 0.272 e. The summed E-state index contributed by atoms with van der Waals surface area (Å²) in [6.07, 6.45) is 6.00. The zero-order valence-corrected chi connectivity index (χ0v) is 15.0. The molecule has 0 atom stereocenters. The van der Waals surface area contributed by atoms with Crippen LogP contribution in [0.5, 0.6) is 0 Å². The van der Waals surface area contributed by atoms with E-state index in [1.54, 1.807) is 36.6 Å². The van der Waals surface area contributed by atoms with Gasteiger partial charge in [0.1, 0.15) is 5.69 Å². The van der Waals surface area contributed by atoms with E-state index in [9.17, 15) is 4.79 Å². The Balaban J connectivity index is 1.59. The molecule has 0 aliphatic rings. The van der Waals surface area contributed by atoms with Gasteiger partial charge in [-0.2, -0.15) is 0 Å². The van der Waals surface area contributed by atoms with E-state index < -0.39 is 0 Å². The first-order valence-corrected chi connectivity index (χ1v) is 8.56. The summed E-state index contributed by atoms with van der Waals surface area (Å²) in [5.41, 5.74) is 4.64. The van der Waals surface area contributed by atoms with Crippen LogP contribution in [0.25, 0.3) is 0 Å². The summed E-state index contributed by atoms with van der Waals surface area (Å²) >= 11 is 0. The number of rotatable bonds is 6. The fourth-order valence-electron chi connectivity index (χ4n) is 2.63. The van der Waals surface area contributed by atoms with E-state index in [4.69, 9.17) is 0 Å². The molecule has 0 saturated heterocycles. The number of hydrogen-bond donors (Lipinski definition) is 1. The van der Waals surface area contributed by atoms with Gasteiger partial charge in [0.25, 0.3) is 5.91 Å². The lowest BCUT2D eigenvalue weighted by atomic mass is 10.2. The topological polar surface area (TPSA) is 58.1 Å². The van der Waals surface area contributed by atoms with E-state index in [1.165, 1.54) is 5.56 Å². The maximum absolute atomic E-state index is 12.5. The Morgan fingerprint density at radius 1 is 1.08 bits per heavy atom. The smallest absolute Gasteiger partial charge is 0.272 e. The van der Waals surface area contributed by atoms with Crippen LogP contribution in [-0.2, 0) is 6.42 Å². The third kappa shape index (κ3) is 4.66. The number of nitrogens with one attached hydrogen (secondary N) is 1. The second kappa shape index (κ2) is 8.25. The van der Waals surface area contributed by atoms with Crippen LogP contribution in [0.4, 0.5) is 11.4 Å². The van der Waals surface area contributed by atoms with E-state index >= 15 is 0 Å². The van der Waals surface area contributed by atoms with E-state index in [0.717, 1.165) is 23.4 Å². The average molecular weight is 346 g/mol. The van der Waals surface area contributed by atoms with Crippen LogP contribution in [0.2, 0.25) is 0 Å². The highest BCUT2D eigenvalue weighted by atomic mass is 16.2. The first kappa shape index (κ1) is 17.6. The van der Waals surface area contributed by atoms with Crippen molar-refractivity contribution in [1.29, 1.82) is 0 Å². The predicted octanol–water partition coefficient (Wildman–Crippen LogP) is 3.84. The van der Waals surface area contributed by atoms with Gasteiger partial charge >= 0.3 is 0 Å². The fourth-order valence-corrected chi connectivity index (χ4v) is 2.63. The molecule has 5 heteroatoms. The van der Waals surface area contributed by atoms with Gasteiger partial charge in [-0.3, -0.25) is 9.78 Å². The summed E-state index contributed by atoms with van der Waals surface area (Å²) in [6.45, 7) is 2.68. The molecule has 0 aliphatic heterocycles. The van der Waals surface area contributed by atoms with Crippen molar-refractivity contribution in [2.45, 2.75) is 13.3 Å². The lowest BCUT2D eigenvalue weighted by Crippen LogP contribution is -2.29. The van der Waals surface area contributed by atoms with Crippen LogP contribution in [0, 0.1) is 6.92 Å². The van der Waals surface area contributed by atoms with Crippen LogP contribution >= 0.6 is 0 Å². The molecule has 5 nitrogen and oxygen atoms in total. The Labute approximate surface area is 153 Å². The van der Waals surface area contributed by atoms with Crippen molar-refractivity contribution >= 4 is 17.3 Å². The Morgan fingerprint density at radius 3 is 2.58 bits per heavy atom. The third-order valence-electron chi connectivity index (χ3n) is 4.12. The zero-order valence-electron chi connectivity index (χ0n) is 15.0. The molecule has 2 aromatic heterocycles. The van der Waals surface area contributed by atoms with Crippen LogP contribution in [0.3, 0.4) is 0 Å². The fraction of sp³-hybridized carbons (Fsp3) is 0.190. The molecule has 26 heavy (non-hydrogen) atoms. The molecular weight excluding hydrogens is 324 g/mol. The second-order valence-corrected chi connectivity index (χ2v) is 6.26. The molecule has 1 aromatic carbocycles. The van der Waals surface area contributed by atoms with E-state index in [1.807, 2.05) is 43.3 Å². The Morgan fingerprint density at radius 2 is 1.88 bits per heavy atom. The Hall–Kier alpha value is -3.21. The van der Waals surface area contributed by atoms with Crippen molar-refractivity contribution in [2.75, 3.05) is 18.9 Å². The normalized spacial score (nSPS) is 10.4. The summed E-state index contributed by atoms with van der Waals surface area (Å²) in [5, 5.41) is 3.29. The number of aryl methyl sites for hydroxylation is 1. The maximum atomic E-state index is 12.5. The van der Waals surface area contributed by atoms with Gasteiger partial charge in [-0.25, -0.2) is 4.98 Å². The molecule has 0 unspecified atom stereocenters. The molecule has 132 valence electrons. The number of benzene rings is 1. The molecule has 0 spiro atoms. The van der Waals surface area contributed by atoms with Crippen LogP contribution in [-0.4, -0.2) is 34.4 Å². The minimum Gasteiger partial charge on any atom is -0.354 e. The Kier molecular flexibility index (Phi) is 5.59. The summed E-state index contributed by atoms with van der Waals surface area (Å²) in [6, 6.07) is 15.7. The van der Waals surface area contributed by atoms with Gasteiger partial charge in [-0.1, -0.05) is 12.1 Å². The first-order chi connectivity index (χ1) is 12.6. The van der Waals surface area contributed by atoms with E-state index in [-0.39, 0.29) is 5.91 Å². The summed E-state index contributed by atoms with van der Waals surface area (Å²) in [7, 11) is 1.80. The SMILES string of the molecule is Cc1cccc(Nc2ccc(C(=O)N(C)CCc3ccncc3)nc2)c1. The molecule has 0 radical (unpaired) electrons. The van der Waals surface area contributed by atoms with Crippen molar-refractivity contribution in [1.82, 2.24) is 14.9 Å². The van der Waals surface area contributed by atoms with E-state index in [2.05, 4.69) is 21.4 Å². The number of pyridine rings is 2. The van der Waals surface area contributed by atoms with Crippen molar-refractivity contribution in [3.8, 4) is 0 Å². The van der Waals surface area contributed by atoms with Gasteiger partial charge in [0.2, 0.25) is 0 Å². The summed E-state index contributed by atoms with van der Waals surface area (Å²) in [5.74, 6) is -0.0823. The Bertz CT molecular complexity index is 863. The second-order valence-electron chi connectivity index (χ2n) is 6.26. The van der Waals surface area contributed by atoms with Gasteiger partial charge in [-0.05, 0) is 60.9 Å². The van der Waals surface area contributed by atoms with Crippen molar-refractivity contribution in [3.05, 3.63) is 83.9 Å². The highest BCUT2D eigenvalue weighted by Crippen LogP contribution is 2.17. The number of likely N-dealkylation sites (N-methyl/N-ethyl adjacent to an activating group) is 1. The minimum atomic E-state index is -0.0823. The lowest BCUT2D eigenvalue weighted by molar-refractivity contribution is 0.0791. The molecule has 3 aromatic rings. The van der Waals surface area contributed by atoms with Gasteiger partial charge in [0.15, 0.2) is 0 Å². The zero-order chi connectivity index (χ0) is 18.4. The van der Waals surface area contributed by atoms with E-state index in [0.29, 0.717) is 12.2 Å². The number of amides is 1. The number of carbonyl (C=O) groups excluding carboxylic acids is 1. The predicted molar refractivity (Wildman–Crippen MR) is 104 cm³/mol. The van der Waals surface area contributed by atoms with Crippen LogP contribution < -0.4 is 5.32 Å². The van der Waals surface area contributed by atoms with Crippen molar-refractivity contribution in [3.63, 3.8) is 0 Å². The number of nitrogens with zero attached hydrogens (tertiary/aromatic N) is 3. The molecule has 2 heterocycles. The highest BCUT2D eigenvalue weighted by Gasteiger charge is 2.13. The number of carbonyl (C=O) groups is 1. The average Bonchev–Trinajstić information content (AvgIpc) is 2.67. The van der Waals surface area contributed by atoms with Gasteiger partial charge in [0.05, 0.1) is 11.9 Å². The van der Waals surface area contributed by atoms with Crippen molar-refractivity contribution < 1.29 is 4.79 Å². The molecule has 0 bridgehead atoms. The number of hydrogen-bond acceptors (Lipinski definition) is 4. The summed E-state index contributed by atoms with van der Waals surface area (Å²) < 4.78 is 0. The quantitative estimate of drug-likeness (QED) is 0.737. The van der Waals surface area contributed by atoms with Gasteiger partial charge in [0, 0.05) is 31.7 Å². The van der Waals surface area contributed by atoms with Gasteiger partial charge in [-0.15, -0.1) is 0 Å². The number of anilines is 2. The molecular formula is C21H22N4O. The van der Waals surface area contributed by atoms with Crippen LogP contribution in [0.1, 0.15) is 21.6 Å². The van der Waals surface area contributed by atoms with Crippen molar-refractivity contribution in [2.24, 2.45) is 0 Å². The number of aromatic nitrogens is 2. The molecule has 3 rings (SSSR count). The van der Waals surface area contributed by atoms with Crippen LogP contribution in [0.15, 0.2) is 67.1 Å². The molecule has 0 aliphatic carbocycles. The highest BCUT2D eigenvalue weighted by molar-refractivity contribution is 5.92. The molecule has 0 saturated carbocycles. The molecule has 1 N–H and O–H groups in total. The summed E-state index contributed by atoms with van der Waals surface area (Å²) in [4.78, 5) is 22.5.